The summed E-state index contributed by atoms with van der Waals surface area (Å²) in [6.45, 7) is 5.31. The van der Waals surface area contributed by atoms with E-state index in [2.05, 4.69) is 11.2 Å². The Labute approximate surface area is 138 Å². The molecule has 0 spiro atoms. The molecule has 0 radical (unpaired) electrons. The van der Waals surface area contributed by atoms with Gasteiger partial charge < -0.3 is 4.90 Å². The van der Waals surface area contributed by atoms with Gasteiger partial charge in [-0.1, -0.05) is 29.8 Å². The Morgan fingerprint density at radius 2 is 2.09 bits per heavy atom. The number of carbonyl (C=O) groups is 1. The van der Waals surface area contributed by atoms with E-state index in [1.165, 1.54) is 0 Å². The first-order chi connectivity index (χ1) is 10.9. The highest BCUT2D eigenvalue weighted by molar-refractivity contribution is 5.83. The molecule has 23 heavy (non-hydrogen) atoms. The largest absolute Gasteiger partial charge is 0.337 e. The summed E-state index contributed by atoms with van der Waals surface area (Å²) in [4.78, 5) is 17.0. The summed E-state index contributed by atoms with van der Waals surface area (Å²) in [5.74, 6) is 0.118. The van der Waals surface area contributed by atoms with Crippen molar-refractivity contribution in [3.63, 3.8) is 0 Å². The van der Waals surface area contributed by atoms with Crippen LogP contribution in [0.4, 0.5) is 0 Å². The van der Waals surface area contributed by atoms with Crippen LogP contribution in [0.15, 0.2) is 36.7 Å². The van der Waals surface area contributed by atoms with Crippen molar-refractivity contribution in [2.45, 2.75) is 26.4 Å². The number of hydrogen-bond donors (Lipinski definition) is 0. The Bertz CT molecular complexity index is 663. The monoisotopic (exact) mass is 314 g/mol. The average molecular weight is 314 g/mol. The predicted octanol–water partition coefficient (Wildman–Crippen LogP) is 2.38. The Morgan fingerprint density at radius 1 is 1.35 bits per heavy atom. The van der Waals surface area contributed by atoms with Crippen LogP contribution in [0.3, 0.4) is 0 Å². The maximum atomic E-state index is 13.1. The second kappa shape index (κ2) is 7.42. The molecule has 0 aliphatic rings. The minimum Gasteiger partial charge on any atom is -0.337 e. The van der Waals surface area contributed by atoms with Crippen LogP contribution < -0.4 is 0 Å². The third kappa shape index (κ3) is 4.20. The van der Waals surface area contributed by atoms with E-state index in [4.69, 9.17) is 0 Å². The molecule has 5 nitrogen and oxygen atoms in total. The molecule has 0 aliphatic heterocycles. The Morgan fingerprint density at radius 3 is 2.61 bits per heavy atom. The van der Waals surface area contributed by atoms with Crippen LogP contribution >= 0.6 is 0 Å². The van der Waals surface area contributed by atoms with Gasteiger partial charge in [0, 0.05) is 31.9 Å². The number of likely N-dealkylation sites (N-methyl/N-ethyl adjacent to an activating group) is 2. The number of rotatable bonds is 6. The average Bonchev–Trinajstić information content (AvgIpc) is 2.90. The Hall–Kier alpha value is -2.14. The topological polar surface area (TPSA) is 41.4 Å². The number of amides is 1. The molecule has 1 aromatic carbocycles. The molecule has 1 aromatic heterocycles. The van der Waals surface area contributed by atoms with E-state index in [0.717, 1.165) is 16.7 Å². The van der Waals surface area contributed by atoms with Crippen molar-refractivity contribution in [2.24, 2.45) is 7.05 Å². The summed E-state index contributed by atoms with van der Waals surface area (Å²) >= 11 is 0. The summed E-state index contributed by atoms with van der Waals surface area (Å²) in [5.41, 5.74) is 3.24. The molecular weight excluding hydrogens is 288 g/mol. The fourth-order valence-electron chi connectivity index (χ4n) is 2.79. The number of carbonyl (C=O) groups excluding carboxylic acids is 1. The molecule has 2 aromatic rings. The lowest BCUT2D eigenvalue weighted by Gasteiger charge is -2.30. The van der Waals surface area contributed by atoms with Crippen LogP contribution in [0.1, 0.15) is 29.7 Å². The molecule has 0 saturated heterocycles. The molecule has 1 heterocycles. The molecule has 124 valence electrons. The van der Waals surface area contributed by atoms with E-state index in [-0.39, 0.29) is 11.9 Å². The Balaban J connectivity index is 2.24. The lowest BCUT2D eigenvalue weighted by atomic mass is 10.0. The highest BCUT2D eigenvalue weighted by Gasteiger charge is 2.27. The predicted molar refractivity (Wildman–Crippen MR) is 91.9 cm³/mol. The van der Waals surface area contributed by atoms with Gasteiger partial charge in [0.25, 0.3) is 0 Å². The van der Waals surface area contributed by atoms with Crippen molar-refractivity contribution >= 4 is 5.91 Å². The van der Waals surface area contributed by atoms with Crippen LogP contribution in [0.2, 0.25) is 0 Å². The molecule has 1 atom stereocenters. The SMILES string of the molecule is CCN(Cc1cnn(C)c1)C(=O)C(c1cccc(C)c1)N(C)C. The minimum absolute atomic E-state index is 0.118. The summed E-state index contributed by atoms with van der Waals surface area (Å²) in [6, 6.07) is 7.89. The lowest BCUT2D eigenvalue weighted by Crippen LogP contribution is -2.40. The van der Waals surface area contributed by atoms with Gasteiger partial charge in [-0.05, 0) is 33.5 Å². The molecule has 0 saturated carbocycles. The molecule has 2 rings (SSSR count). The zero-order valence-corrected chi connectivity index (χ0v) is 14.7. The molecule has 0 bridgehead atoms. The van der Waals surface area contributed by atoms with E-state index in [9.17, 15) is 4.79 Å². The van der Waals surface area contributed by atoms with Crippen molar-refractivity contribution in [3.05, 3.63) is 53.3 Å². The fraction of sp³-hybridized carbons (Fsp3) is 0.444. The second-order valence-electron chi connectivity index (χ2n) is 6.15. The van der Waals surface area contributed by atoms with Gasteiger partial charge in [-0.15, -0.1) is 0 Å². The van der Waals surface area contributed by atoms with Crippen LogP contribution in [-0.2, 0) is 18.4 Å². The van der Waals surface area contributed by atoms with E-state index in [0.29, 0.717) is 13.1 Å². The smallest absolute Gasteiger partial charge is 0.244 e. The maximum absolute atomic E-state index is 13.1. The van der Waals surface area contributed by atoms with Crippen molar-refractivity contribution in [1.29, 1.82) is 0 Å². The van der Waals surface area contributed by atoms with Crippen LogP contribution in [0.25, 0.3) is 0 Å². The van der Waals surface area contributed by atoms with Gasteiger partial charge in [0.05, 0.1) is 6.20 Å². The van der Waals surface area contributed by atoms with Gasteiger partial charge in [0.15, 0.2) is 0 Å². The van der Waals surface area contributed by atoms with E-state index in [1.54, 1.807) is 4.68 Å². The first-order valence-corrected chi connectivity index (χ1v) is 7.91. The first-order valence-electron chi connectivity index (χ1n) is 7.91. The third-order valence-corrected chi connectivity index (χ3v) is 3.93. The van der Waals surface area contributed by atoms with Crippen molar-refractivity contribution in [1.82, 2.24) is 19.6 Å². The number of hydrogen-bond acceptors (Lipinski definition) is 3. The summed E-state index contributed by atoms with van der Waals surface area (Å²) in [6.07, 6.45) is 3.76. The van der Waals surface area contributed by atoms with E-state index in [1.807, 2.05) is 75.4 Å². The van der Waals surface area contributed by atoms with Crippen molar-refractivity contribution in [3.8, 4) is 0 Å². The molecule has 0 fully saturated rings. The first kappa shape index (κ1) is 17.2. The van der Waals surface area contributed by atoms with Crippen LogP contribution in [-0.4, -0.2) is 46.1 Å². The molecule has 0 aliphatic carbocycles. The number of aryl methyl sites for hydroxylation is 2. The number of benzene rings is 1. The van der Waals surface area contributed by atoms with Crippen LogP contribution in [0, 0.1) is 6.92 Å². The van der Waals surface area contributed by atoms with Gasteiger partial charge in [0.1, 0.15) is 6.04 Å². The zero-order chi connectivity index (χ0) is 17.0. The quantitative estimate of drug-likeness (QED) is 0.822. The standard InChI is InChI=1S/C18H26N4O/c1-6-22(13-15-11-19-21(5)12-15)18(23)17(20(3)4)16-9-7-8-14(2)10-16/h7-12,17H,6,13H2,1-5H3. The normalized spacial score (nSPS) is 12.4. The van der Waals surface area contributed by atoms with Gasteiger partial charge in [-0.25, -0.2) is 0 Å². The fourth-order valence-corrected chi connectivity index (χ4v) is 2.79. The summed E-state index contributed by atoms with van der Waals surface area (Å²) in [5, 5.41) is 4.18. The van der Waals surface area contributed by atoms with E-state index >= 15 is 0 Å². The summed E-state index contributed by atoms with van der Waals surface area (Å²) in [7, 11) is 5.78. The maximum Gasteiger partial charge on any atom is 0.244 e. The zero-order valence-electron chi connectivity index (χ0n) is 14.7. The second-order valence-corrected chi connectivity index (χ2v) is 6.15. The van der Waals surface area contributed by atoms with Gasteiger partial charge >= 0.3 is 0 Å². The third-order valence-electron chi connectivity index (χ3n) is 3.93. The molecular formula is C18H26N4O. The Kier molecular flexibility index (Phi) is 5.55. The lowest BCUT2D eigenvalue weighted by molar-refractivity contribution is -0.136. The van der Waals surface area contributed by atoms with Gasteiger partial charge in [-0.2, -0.15) is 5.10 Å². The van der Waals surface area contributed by atoms with Gasteiger partial charge in [-0.3, -0.25) is 14.4 Å². The highest BCUT2D eigenvalue weighted by Crippen LogP contribution is 2.22. The number of nitrogens with zero attached hydrogens (tertiary/aromatic N) is 4. The van der Waals surface area contributed by atoms with Gasteiger partial charge in [0.2, 0.25) is 5.91 Å². The molecule has 0 N–H and O–H groups in total. The van der Waals surface area contributed by atoms with Crippen molar-refractivity contribution in [2.75, 3.05) is 20.6 Å². The number of aromatic nitrogens is 2. The molecule has 1 unspecified atom stereocenters. The minimum atomic E-state index is -0.272. The highest BCUT2D eigenvalue weighted by atomic mass is 16.2. The molecule has 1 amide bonds. The van der Waals surface area contributed by atoms with Crippen molar-refractivity contribution < 1.29 is 4.79 Å². The molecule has 5 heteroatoms. The van der Waals surface area contributed by atoms with E-state index < -0.39 is 0 Å². The van der Waals surface area contributed by atoms with Crippen LogP contribution in [0.5, 0.6) is 0 Å². The summed E-state index contributed by atoms with van der Waals surface area (Å²) < 4.78 is 1.76.